The third kappa shape index (κ3) is 4.22. The summed E-state index contributed by atoms with van der Waals surface area (Å²) in [4.78, 5) is 25.4. The summed E-state index contributed by atoms with van der Waals surface area (Å²) in [5.41, 5.74) is 0. The molecule has 19 heavy (non-hydrogen) atoms. The van der Waals surface area contributed by atoms with E-state index in [1.54, 1.807) is 4.90 Å². The highest BCUT2D eigenvalue weighted by atomic mass is 16.4. The van der Waals surface area contributed by atoms with Crippen molar-refractivity contribution in [2.45, 2.75) is 65.3 Å². The number of nitrogens with zero attached hydrogens (tertiary/aromatic N) is 1. The lowest BCUT2D eigenvalue weighted by Gasteiger charge is -2.38. The van der Waals surface area contributed by atoms with E-state index in [0.717, 1.165) is 32.1 Å². The van der Waals surface area contributed by atoms with Crippen LogP contribution in [0.5, 0.6) is 0 Å². The van der Waals surface area contributed by atoms with Crippen molar-refractivity contribution in [2.24, 2.45) is 11.8 Å². The van der Waals surface area contributed by atoms with Crippen LogP contribution >= 0.6 is 0 Å². The van der Waals surface area contributed by atoms with Crippen LogP contribution < -0.4 is 0 Å². The second-order valence-electron chi connectivity index (χ2n) is 5.73. The fourth-order valence-electron chi connectivity index (χ4n) is 2.82. The first-order valence-electron chi connectivity index (χ1n) is 7.54. The van der Waals surface area contributed by atoms with E-state index in [4.69, 9.17) is 0 Å². The van der Waals surface area contributed by atoms with Crippen LogP contribution in [0.2, 0.25) is 0 Å². The number of carbonyl (C=O) groups is 2. The number of unbranched alkanes of at least 4 members (excludes halogenated alkanes) is 1. The summed E-state index contributed by atoms with van der Waals surface area (Å²) >= 11 is 0. The first-order chi connectivity index (χ1) is 9.01. The third-order valence-electron chi connectivity index (χ3n) is 4.27. The molecular weight excluding hydrogens is 242 g/mol. The lowest BCUT2D eigenvalue weighted by Crippen LogP contribution is -2.51. The Morgan fingerprint density at radius 3 is 2.58 bits per heavy atom. The van der Waals surface area contributed by atoms with Gasteiger partial charge in [-0.1, -0.05) is 40.0 Å². The van der Waals surface area contributed by atoms with Gasteiger partial charge < -0.3 is 10.0 Å². The highest BCUT2D eigenvalue weighted by molar-refractivity contribution is 5.85. The lowest BCUT2D eigenvalue weighted by atomic mass is 9.88. The zero-order valence-electron chi connectivity index (χ0n) is 12.4. The summed E-state index contributed by atoms with van der Waals surface area (Å²) in [6.45, 7) is 6.71. The molecule has 0 saturated carbocycles. The number of hydrogen-bond acceptors (Lipinski definition) is 2. The smallest absolute Gasteiger partial charge is 0.326 e. The van der Waals surface area contributed by atoms with E-state index in [9.17, 15) is 14.7 Å². The van der Waals surface area contributed by atoms with Crippen LogP contribution in [0, 0.1) is 11.8 Å². The standard InChI is InChI=1S/C15H27NO3/c1-4-6-7-11(3)14(17)16-9-8-12(5-2)10-13(16)15(18)19/h11-13H,4-10H2,1-3H3,(H,18,19). The molecule has 1 aliphatic heterocycles. The van der Waals surface area contributed by atoms with Crippen molar-refractivity contribution in [3.05, 3.63) is 0 Å². The molecule has 1 aliphatic rings. The van der Waals surface area contributed by atoms with Crippen molar-refractivity contribution in [1.29, 1.82) is 0 Å². The average molecular weight is 269 g/mol. The van der Waals surface area contributed by atoms with Gasteiger partial charge in [0.2, 0.25) is 5.91 Å². The first-order valence-corrected chi connectivity index (χ1v) is 7.54. The Balaban J connectivity index is 2.68. The largest absolute Gasteiger partial charge is 0.480 e. The number of hydrogen-bond donors (Lipinski definition) is 1. The number of piperidine rings is 1. The number of likely N-dealkylation sites (tertiary alicyclic amines) is 1. The van der Waals surface area contributed by atoms with E-state index >= 15 is 0 Å². The molecule has 1 saturated heterocycles. The number of carboxylic acids is 1. The van der Waals surface area contributed by atoms with E-state index in [1.807, 2.05) is 6.92 Å². The van der Waals surface area contributed by atoms with Gasteiger partial charge in [0.1, 0.15) is 6.04 Å². The van der Waals surface area contributed by atoms with Gasteiger partial charge in [-0.15, -0.1) is 0 Å². The molecule has 1 fully saturated rings. The second kappa shape index (κ2) is 7.51. The molecule has 0 aromatic heterocycles. The maximum absolute atomic E-state index is 12.4. The molecule has 0 radical (unpaired) electrons. The van der Waals surface area contributed by atoms with Crippen molar-refractivity contribution < 1.29 is 14.7 Å². The Morgan fingerprint density at radius 2 is 2.05 bits per heavy atom. The quantitative estimate of drug-likeness (QED) is 0.806. The van der Waals surface area contributed by atoms with Gasteiger partial charge in [0.25, 0.3) is 0 Å². The molecule has 1 amide bonds. The Bertz CT molecular complexity index is 317. The molecule has 0 spiro atoms. The molecule has 1 heterocycles. The Morgan fingerprint density at radius 1 is 1.37 bits per heavy atom. The molecule has 0 aromatic rings. The summed E-state index contributed by atoms with van der Waals surface area (Å²) in [6, 6.07) is -0.615. The molecule has 3 unspecified atom stereocenters. The van der Waals surface area contributed by atoms with Crippen LogP contribution in [-0.4, -0.2) is 34.5 Å². The minimum atomic E-state index is -0.853. The molecule has 3 atom stereocenters. The molecular formula is C15H27NO3. The van der Waals surface area contributed by atoms with E-state index < -0.39 is 12.0 Å². The van der Waals surface area contributed by atoms with Gasteiger partial charge in [-0.25, -0.2) is 4.79 Å². The molecule has 1 N–H and O–H groups in total. The van der Waals surface area contributed by atoms with Gasteiger partial charge in [0, 0.05) is 12.5 Å². The first kappa shape index (κ1) is 16.0. The van der Waals surface area contributed by atoms with Gasteiger partial charge in [0.05, 0.1) is 0 Å². The zero-order chi connectivity index (χ0) is 14.4. The number of carboxylic acid groups (broad SMARTS) is 1. The van der Waals surface area contributed by atoms with Crippen molar-refractivity contribution in [2.75, 3.05) is 6.54 Å². The van der Waals surface area contributed by atoms with E-state index in [1.165, 1.54) is 0 Å². The van der Waals surface area contributed by atoms with Crippen molar-refractivity contribution in [1.82, 2.24) is 4.90 Å². The molecule has 4 nitrogen and oxygen atoms in total. The Labute approximate surface area is 116 Å². The van der Waals surface area contributed by atoms with Gasteiger partial charge in [-0.3, -0.25) is 4.79 Å². The highest BCUT2D eigenvalue weighted by Crippen LogP contribution is 2.27. The fraction of sp³-hybridized carbons (Fsp3) is 0.867. The van der Waals surface area contributed by atoms with Crippen LogP contribution in [0.25, 0.3) is 0 Å². The molecule has 1 rings (SSSR count). The highest BCUT2D eigenvalue weighted by Gasteiger charge is 2.36. The monoisotopic (exact) mass is 269 g/mol. The van der Waals surface area contributed by atoms with E-state index in [2.05, 4.69) is 13.8 Å². The van der Waals surface area contributed by atoms with Crippen molar-refractivity contribution >= 4 is 11.9 Å². The lowest BCUT2D eigenvalue weighted by molar-refractivity contribution is -0.155. The minimum Gasteiger partial charge on any atom is -0.480 e. The van der Waals surface area contributed by atoms with Crippen molar-refractivity contribution in [3.8, 4) is 0 Å². The fourth-order valence-corrected chi connectivity index (χ4v) is 2.82. The molecule has 110 valence electrons. The van der Waals surface area contributed by atoms with Crippen LogP contribution in [0.15, 0.2) is 0 Å². The number of amides is 1. The summed E-state index contributed by atoms with van der Waals surface area (Å²) in [6.07, 6.45) is 5.49. The SMILES string of the molecule is CCCCC(C)C(=O)N1CCC(CC)CC1C(=O)O. The number of carbonyl (C=O) groups excluding carboxylic acids is 1. The Kier molecular flexibility index (Phi) is 6.32. The summed E-state index contributed by atoms with van der Waals surface area (Å²) in [5.74, 6) is -0.444. The summed E-state index contributed by atoms with van der Waals surface area (Å²) in [7, 11) is 0. The van der Waals surface area contributed by atoms with Gasteiger partial charge in [-0.05, 0) is 25.2 Å². The van der Waals surface area contributed by atoms with Gasteiger partial charge in [0.15, 0.2) is 0 Å². The Hall–Kier alpha value is -1.06. The minimum absolute atomic E-state index is 0.0235. The summed E-state index contributed by atoms with van der Waals surface area (Å²) < 4.78 is 0. The van der Waals surface area contributed by atoms with Crippen LogP contribution in [-0.2, 0) is 9.59 Å². The third-order valence-corrected chi connectivity index (χ3v) is 4.27. The normalized spacial score (nSPS) is 25.1. The predicted molar refractivity (Wildman–Crippen MR) is 74.8 cm³/mol. The number of rotatable bonds is 6. The zero-order valence-corrected chi connectivity index (χ0v) is 12.4. The summed E-state index contributed by atoms with van der Waals surface area (Å²) in [5, 5.41) is 9.33. The topological polar surface area (TPSA) is 57.6 Å². The molecule has 0 aliphatic carbocycles. The molecule has 4 heteroatoms. The van der Waals surface area contributed by atoms with Gasteiger partial charge in [-0.2, -0.15) is 0 Å². The second-order valence-corrected chi connectivity index (χ2v) is 5.73. The van der Waals surface area contributed by atoms with Crippen LogP contribution in [0.3, 0.4) is 0 Å². The molecule has 0 bridgehead atoms. The van der Waals surface area contributed by atoms with Gasteiger partial charge >= 0.3 is 5.97 Å². The van der Waals surface area contributed by atoms with Crippen LogP contribution in [0.4, 0.5) is 0 Å². The van der Waals surface area contributed by atoms with E-state index in [0.29, 0.717) is 18.9 Å². The molecule has 0 aromatic carbocycles. The van der Waals surface area contributed by atoms with Crippen LogP contribution in [0.1, 0.15) is 59.3 Å². The predicted octanol–water partition coefficient (Wildman–Crippen LogP) is 2.91. The maximum atomic E-state index is 12.4. The van der Waals surface area contributed by atoms with E-state index in [-0.39, 0.29) is 11.8 Å². The van der Waals surface area contributed by atoms with Crippen molar-refractivity contribution in [3.63, 3.8) is 0 Å². The average Bonchev–Trinajstić information content (AvgIpc) is 2.43. The number of aliphatic carboxylic acids is 1. The maximum Gasteiger partial charge on any atom is 0.326 e.